The molecule has 0 bridgehead atoms. The van der Waals surface area contributed by atoms with Crippen molar-refractivity contribution in [3.8, 4) is 11.3 Å². The molecule has 2 nitrogen and oxygen atoms in total. The van der Waals surface area contributed by atoms with Gasteiger partial charge in [-0.3, -0.25) is 4.98 Å². The fourth-order valence-electron chi connectivity index (χ4n) is 1.68. The van der Waals surface area contributed by atoms with Crippen LogP contribution < -0.4 is 5.32 Å². The highest BCUT2D eigenvalue weighted by Gasteiger charge is 2.13. The molecule has 0 amide bonds. The normalized spacial score (nSPS) is 10.5. The SMILES string of the molecule is CCCNc1ccnc(-c2ccc(Br)c(Cl)c2F)c1. The Labute approximate surface area is 125 Å². The van der Waals surface area contributed by atoms with Gasteiger partial charge in [0.1, 0.15) is 0 Å². The minimum Gasteiger partial charge on any atom is -0.385 e. The van der Waals surface area contributed by atoms with E-state index in [0.717, 1.165) is 18.7 Å². The van der Waals surface area contributed by atoms with Gasteiger partial charge in [0.15, 0.2) is 5.82 Å². The van der Waals surface area contributed by atoms with Gasteiger partial charge in [0.25, 0.3) is 0 Å². The maximum Gasteiger partial charge on any atom is 0.152 e. The number of halogens is 3. The number of anilines is 1. The zero-order valence-electron chi connectivity index (χ0n) is 10.4. The van der Waals surface area contributed by atoms with Crippen LogP contribution in [0.25, 0.3) is 11.3 Å². The van der Waals surface area contributed by atoms with Crippen molar-refractivity contribution in [2.45, 2.75) is 13.3 Å². The van der Waals surface area contributed by atoms with Crippen molar-refractivity contribution in [2.75, 3.05) is 11.9 Å². The van der Waals surface area contributed by atoms with Crippen LogP contribution in [0.4, 0.5) is 10.1 Å². The molecular formula is C14H13BrClFN2. The Balaban J connectivity index is 2.39. The fourth-order valence-corrected chi connectivity index (χ4v) is 2.15. The predicted octanol–water partition coefficient (Wildman–Crippen LogP) is 5.13. The smallest absolute Gasteiger partial charge is 0.152 e. The van der Waals surface area contributed by atoms with Gasteiger partial charge in [-0.15, -0.1) is 0 Å². The Morgan fingerprint density at radius 1 is 1.37 bits per heavy atom. The van der Waals surface area contributed by atoms with Crippen LogP contribution >= 0.6 is 27.5 Å². The van der Waals surface area contributed by atoms with E-state index in [1.807, 2.05) is 12.1 Å². The quantitative estimate of drug-likeness (QED) is 0.779. The molecular weight excluding hydrogens is 331 g/mol. The van der Waals surface area contributed by atoms with Crippen molar-refractivity contribution in [1.29, 1.82) is 0 Å². The zero-order chi connectivity index (χ0) is 13.8. The first-order valence-corrected chi connectivity index (χ1v) is 7.14. The molecule has 0 aliphatic carbocycles. The van der Waals surface area contributed by atoms with Gasteiger partial charge in [-0.1, -0.05) is 18.5 Å². The number of hydrogen-bond donors (Lipinski definition) is 1. The van der Waals surface area contributed by atoms with Crippen molar-refractivity contribution in [2.24, 2.45) is 0 Å². The average Bonchev–Trinajstić information content (AvgIpc) is 2.43. The van der Waals surface area contributed by atoms with Crippen LogP contribution in [-0.2, 0) is 0 Å². The van der Waals surface area contributed by atoms with E-state index in [-0.39, 0.29) is 5.02 Å². The van der Waals surface area contributed by atoms with E-state index in [2.05, 4.69) is 33.2 Å². The van der Waals surface area contributed by atoms with Crippen LogP contribution in [0.3, 0.4) is 0 Å². The second-order valence-electron chi connectivity index (χ2n) is 4.08. The van der Waals surface area contributed by atoms with Crippen molar-refractivity contribution in [3.05, 3.63) is 45.8 Å². The summed E-state index contributed by atoms with van der Waals surface area (Å²) >= 11 is 9.09. The number of nitrogens with zero attached hydrogens (tertiary/aromatic N) is 1. The number of pyridine rings is 1. The van der Waals surface area contributed by atoms with E-state index < -0.39 is 5.82 Å². The van der Waals surface area contributed by atoms with E-state index >= 15 is 0 Å². The summed E-state index contributed by atoms with van der Waals surface area (Å²) in [5.41, 5.74) is 1.88. The Bertz CT molecular complexity index is 590. The molecule has 19 heavy (non-hydrogen) atoms. The molecule has 5 heteroatoms. The Kier molecular flexibility index (Phi) is 4.77. The molecule has 1 aromatic carbocycles. The van der Waals surface area contributed by atoms with E-state index in [1.54, 1.807) is 18.3 Å². The third-order valence-corrected chi connectivity index (χ3v) is 3.91. The minimum atomic E-state index is -0.462. The summed E-state index contributed by atoms with van der Waals surface area (Å²) in [6.07, 6.45) is 2.68. The highest BCUT2D eigenvalue weighted by atomic mass is 79.9. The molecule has 0 saturated heterocycles. The van der Waals surface area contributed by atoms with Crippen molar-refractivity contribution in [1.82, 2.24) is 4.98 Å². The first kappa shape index (κ1) is 14.3. The lowest BCUT2D eigenvalue weighted by atomic mass is 10.1. The molecule has 0 aliphatic heterocycles. The summed E-state index contributed by atoms with van der Waals surface area (Å²) in [6, 6.07) is 7.06. The largest absolute Gasteiger partial charge is 0.385 e. The van der Waals surface area contributed by atoms with E-state index in [9.17, 15) is 4.39 Å². The first-order chi connectivity index (χ1) is 9.13. The van der Waals surface area contributed by atoms with Crippen molar-refractivity contribution >= 4 is 33.2 Å². The van der Waals surface area contributed by atoms with Gasteiger partial charge in [0.2, 0.25) is 0 Å². The molecule has 1 heterocycles. The van der Waals surface area contributed by atoms with Crippen molar-refractivity contribution < 1.29 is 4.39 Å². The minimum absolute atomic E-state index is 0.0752. The van der Waals surface area contributed by atoms with Crippen LogP contribution in [0.1, 0.15) is 13.3 Å². The second kappa shape index (κ2) is 6.35. The summed E-state index contributed by atoms with van der Waals surface area (Å²) in [7, 11) is 0. The summed E-state index contributed by atoms with van der Waals surface area (Å²) in [5, 5.41) is 3.32. The number of benzene rings is 1. The second-order valence-corrected chi connectivity index (χ2v) is 5.31. The van der Waals surface area contributed by atoms with Gasteiger partial charge in [0.05, 0.1) is 10.7 Å². The lowest BCUT2D eigenvalue weighted by molar-refractivity contribution is 0.630. The molecule has 2 aromatic rings. The molecule has 0 radical (unpaired) electrons. The number of aromatic nitrogens is 1. The van der Waals surface area contributed by atoms with E-state index in [4.69, 9.17) is 11.6 Å². The standard InChI is InChI=1S/C14H13BrClFN2/c1-2-6-18-9-5-7-19-12(8-9)10-3-4-11(15)13(16)14(10)17/h3-5,7-8H,2,6H2,1H3,(H,18,19). The maximum absolute atomic E-state index is 14.1. The lowest BCUT2D eigenvalue weighted by Crippen LogP contribution is -2.00. The molecule has 0 unspecified atom stereocenters. The monoisotopic (exact) mass is 342 g/mol. The van der Waals surface area contributed by atoms with Crippen LogP contribution in [0.2, 0.25) is 5.02 Å². The van der Waals surface area contributed by atoms with Gasteiger partial charge >= 0.3 is 0 Å². The number of rotatable bonds is 4. The van der Waals surface area contributed by atoms with E-state index in [1.165, 1.54) is 0 Å². The van der Waals surface area contributed by atoms with Gasteiger partial charge in [-0.05, 0) is 46.6 Å². The Hall–Kier alpha value is -1.13. The molecule has 0 fully saturated rings. The molecule has 100 valence electrons. The van der Waals surface area contributed by atoms with Gasteiger partial charge in [0, 0.05) is 28.5 Å². The summed E-state index contributed by atoms with van der Waals surface area (Å²) < 4.78 is 14.6. The van der Waals surface area contributed by atoms with Crippen LogP contribution in [0.15, 0.2) is 34.9 Å². The molecule has 0 saturated carbocycles. The third-order valence-electron chi connectivity index (χ3n) is 2.65. The highest BCUT2D eigenvalue weighted by Crippen LogP contribution is 2.32. The number of nitrogens with one attached hydrogen (secondary N) is 1. The number of hydrogen-bond acceptors (Lipinski definition) is 2. The summed E-state index contributed by atoms with van der Waals surface area (Å²) in [5.74, 6) is -0.462. The van der Waals surface area contributed by atoms with Gasteiger partial charge in [-0.25, -0.2) is 4.39 Å². The molecule has 0 atom stereocenters. The molecule has 1 aromatic heterocycles. The fraction of sp³-hybridized carbons (Fsp3) is 0.214. The first-order valence-electron chi connectivity index (χ1n) is 5.97. The van der Waals surface area contributed by atoms with Crippen LogP contribution in [0, 0.1) is 5.82 Å². The average molecular weight is 344 g/mol. The topological polar surface area (TPSA) is 24.9 Å². The third kappa shape index (κ3) is 3.25. The Morgan fingerprint density at radius 2 is 2.16 bits per heavy atom. The zero-order valence-corrected chi connectivity index (χ0v) is 12.7. The van der Waals surface area contributed by atoms with Gasteiger partial charge in [-0.2, -0.15) is 0 Å². The molecule has 0 aliphatic rings. The molecule has 0 spiro atoms. The van der Waals surface area contributed by atoms with Crippen LogP contribution in [0.5, 0.6) is 0 Å². The Morgan fingerprint density at radius 3 is 2.89 bits per heavy atom. The maximum atomic E-state index is 14.1. The highest BCUT2D eigenvalue weighted by molar-refractivity contribution is 9.10. The van der Waals surface area contributed by atoms with Crippen molar-refractivity contribution in [3.63, 3.8) is 0 Å². The predicted molar refractivity (Wildman–Crippen MR) is 81.1 cm³/mol. The molecule has 2 rings (SSSR count). The van der Waals surface area contributed by atoms with Crippen LogP contribution in [-0.4, -0.2) is 11.5 Å². The van der Waals surface area contributed by atoms with Gasteiger partial charge < -0.3 is 5.32 Å². The molecule has 1 N–H and O–H groups in total. The van der Waals surface area contributed by atoms with E-state index in [0.29, 0.717) is 15.7 Å². The summed E-state index contributed by atoms with van der Waals surface area (Å²) in [4.78, 5) is 4.20. The lowest BCUT2D eigenvalue weighted by Gasteiger charge is -2.09. The summed E-state index contributed by atoms with van der Waals surface area (Å²) in [6.45, 7) is 2.95.